The quantitative estimate of drug-likeness (QED) is 0.178. The molecule has 0 saturated carbocycles. The van der Waals surface area contributed by atoms with Gasteiger partial charge in [-0.25, -0.2) is 19.9 Å². The van der Waals surface area contributed by atoms with Gasteiger partial charge >= 0.3 is 0 Å². The lowest BCUT2D eigenvalue weighted by molar-refractivity contribution is -0.128. The summed E-state index contributed by atoms with van der Waals surface area (Å²) in [6.45, 7) is 6.73. The van der Waals surface area contributed by atoms with Crippen LogP contribution in [0.1, 0.15) is 48.0 Å². The number of fused-ring (bicyclic) bond motifs is 4. The molecule has 0 aliphatic carbocycles. The fourth-order valence-electron chi connectivity index (χ4n) is 6.08. The van der Waals surface area contributed by atoms with Crippen LogP contribution in [0.15, 0.2) is 94.8 Å². The second-order valence-corrected chi connectivity index (χ2v) is 13.1. The van der Waals surface area contributed by atoms with Gasteiger partial charge in [-0.3, -0.25) is 28.3 Å². The highest BCUT2D eigenvalue weighted by Gasteiger charge is 2.19. The van der Waals surface area contributed by atoms with E-state index in [1.165, 1.54) is 6.92 Å². The Bertz CT molecular complexity index is 2620. The van der Waals surface area contributed by atoms with Gasteiger partial charge in [0.15, 0.2) is 0 Å². The molecule has 0 spiro atoms. The molecule has 2 aliphatic heterocycles. The van der Waals surface area contributed by atoms with Crippen molar-refractivity contribution >= 4 is 57.0 Å². The van der Waals surface area contributed by atoms with Crippen LogP contribution in [0.3, 0.4) is 0 Å². The average Bonchev–Trinajstić information content (AvgIpc) is 3.56. The lowest BCUT2D eigenvalue weighted by Crippen LogP contribution is -2.32. The number of nitrogens with one attached hydrogen (secondary N) is 1. The zero-order valence-corrected chi connectivity index (χ0v) is 32.4. The zero-order chi connectivity index (χ0) is 38.7. The first-order chi connectivity index (χ1) is 26.7. The highest BCUT2D eigenvalue weighted by molar-refractivity contribution is 6.62. The molecule has 6 heterocycles. The fraction of sp³-hybridized carbons (Fsp3) is 0.238. The molecule has 6 aromatic rings. The van der Waals surface area contributed by atoms with Crippen molar-refractivity contribution in [2.45, 2.75) is 39.8 Å². The Morgan fingerprint density at radius 3 is 1.68 bits per heavy atom. The van der Waals surface area contributed by atoms with E-state index in [9.17, 15) is 19.2 Å². The number of carbonyl (C=O) groups is 2. The van der Waals surface area contributed by atoms with Gasteiger partial charge in [-0.05, 0) is 84.1 Å². The van der Waals surface area contributed by atoms with Gasteiger partial charge in [-0.1, -0.05) is 24.0 Å². The van der Waals surface area contributed by atoms with Crippen LogP contribution >= 0.6 is 24.0 Å². The minimum Gasteiger partial charge on any atom is -0.341 e. The Kier molecular flexibility index (Phi) is 14.2. The number of hydrogen-bond donors (Lipinski definition) is 1. The number of aromatic nitrogens is 6. The van der Waals surface area contributed by atoms with Crippen LogP contribution in [0.4, 0.5) is 0 Å². The fourth-order valence-corrected chi connectivity index (χ4v) is 6.08. The number of halogens is 2. The molecule has 2 aromatic carbocycles. The summed E-state index contributed by atoms with van der Waals surface area (Å²) < 4.78 is 3.46. The van der Waals surface area contributed by atoms with Crippen molar-refractivity contribution in [1.82, 2.24) is 39.3 Å². The Labute approximate surface area is 334 Å². The van der Waals surface area contributed by atoms with Gasteiger partial charge in [0.25, 0.3) is 11.1 Å². The summed E-state index contributed by atoms with van der Waals surface area (Å²) in [5.74, 6) is 13.8. The third-order valence-electron chi connectivity index (χ3n) is 8.75. The number of rotatable bonds is 0. The molecule has 4 aromatic heterocycles. The molecule has 0 unspecified atom stereocenters. The van der Waals surface area contributed by atoms with Gasteiger partial charge in [0.05, 0.1) is 21.8 Å². The predicted molar refractivity (Wildman–Crippen MR) is 219 cm³/mol. The Morgan fingerprint density at radius 2 is 1.18 bits per heavy atom. The number of pyridine rings is 2. The van der Waals surface area contributed by atoms with Gasteiger partial charge in [0.1, 0.15) is 23.0 Å². The van der Waals surface area contributed by atoms with Gasteiger partial charge in [0, 0.05) is 89.5 Å². The summed E-state index contributed by atoms with van der Waals surface area (Å²) in [5, 5.41) is 4.15. The van der Waals surface area contributed by atoms with E-state index in [0.29, 0.717) is 65.9 Å². The molecule has 56 heavy (non-hydrogen) atoms. The predicted octanol–water partition coefficient (Wildman–Crippen LogP) is 4.13. The monoisotopic (exact) mass is 788 g/mol. The molecule has 284 valence electrons. The molecule has 14 heteroatoms. The summed E-state index contributed by atoms with van der Waals surface area (Å²) >= 11 is 4.64. The van der Waals surface area contributed by atoms with Crippen LogP contribution in [0.5, 0.6) is 0 Å². The van der Waals surface area contributed by atoms with E-state index in [2.05, 4.69) is 55.6 Å². The number of nitrogens with zero attached hydrogens (tertiary/aromatic N) is 7. The minimum atomic E-state index is -0.361. The standard InChI is InChI=1S/C21H18N4O2.C19H16N4O.C2H3ClO.ClH/c1-15(26)24-11-9-20-23-19-14-16(5-7-17-4-2-3-10-22-17)6-8-18(19)21(27)25(20)13-12-24;24-19-16-7-5-14(4-6-15-3-1-2-9-21-15)13-17(16)22-18-8-10-20-11-12-23(18)19;1-2(3)4;/h2-4,6,8,10,14H,9,11-13H2,1H3;1-3,5,7,9,13,20H,8,10-12H2;1H3;1H. The maximum Gasteiger partial charge on any atom is 0.261 e. The maximum absolute atomic E-state index is 12.9. The zero-order valence-electron chi connectivity index (χ0n) is 30.8. The molecule has 1 N–H and O–H groups in total. The van der Waals surface area contributed by atoms with E-state index >= 15 is 0 Å². The Morgan fingerprint density at radius 1 is 0.661 bits per heavy atom. The second kappa shape index (κ2) is 19.4. The van der Waals surface area contributed by atoms with Crippen molar-refractivity contribution in [2.75, 3.05) is 26.2 Å². The molecule has 12 nitrogen and oxygen atoms in total. The molecule has 1 amide bonds. The Hall–Kier alpha value is -6.18. The van der Waals surface area contributed by atoms with E-state index in [0.717, 1.165) is 42.2 Å². The number of benzene rings is 2. The van der Waals surface area contributed by atoms with Gasteiger partial charge < -0.3 is 10.2 Å². The smallest absolute Gasteiger partial charge is 0.261 e. The number of carbonyl (C=O) groups excluding carboxylic acids is 2. The average molecular weight is 790 g/mol. The molecule has 0 bridgehead atoms. The van der Waals surface area contributed by atoms with E-state index in [4.69, 9.17) is 4.98 Å². The first kappa shape index (κ1) is 41.0. The first-order valence-electron chi connectivity index (χ1n) is 17.7. The molecule has 0 radical (unpaired) electrons. The largest absolute Gasteiger partial charge is 0.341 e. The highest BCUT2D eigenvalue weighted by atomic mass is 35.5. The van der Waals surface area contributed by atoms with Crippen LogP contribution in [0.2, 0.25) is 0 Å². The first-order valence-corrected chi connectivity index (χ1v) is 18.1. The topological polar surface area (TPSA) is 145 Å². The van der Waals surface area contributed by atoms with Crippen molar-refractivity contribution in [3.63, 3.8) is 0 Å². The van der Waals surface area contributed by atoms with Crippen LogP contribution in [-0.4, -0.2) is 71.3 Å². The summed E-state index contributed by atoms with van der Waals surface area (Å²) in [4.78, 5) is 65.9. The summed E-state index contributed by atoms with van der Waals surface area (Å²) in [7, 11) is 0. The summed E-state index contributed by atoms with van der Waals surface area (Å²) in [5.41, 5.74) is 4.33. The molecule has 2 aliphatic rings. The lowest BCUT2D eigenvalue weighted by atomic mass is 10.1. The SMILES string of the molecule is CC(=O)Cl.CC(=O)N1CCc2nc3cc(C#Cc4ccccn4)ccc3c(=O)n2CC1.Cl.O=c1c2ccc(C#Cc3ccccn3)cc2nc2n1CCNCC2. The van der Waals surface area contributed by atoms with Crippen molar-refractivity contribution < 1.29 is 9.59 Å². The van der Waals surface area contributed by atoms with E-state index in [1.807, 2.05) is 66.7 Å². The second-order valence-electron chi connectivity index (χ2n) is 12.6. The normalized spacial score (nSPS) is 12.8. The maximum atomic E-state index is 12.9. The van der Waals surface area contributed by atoms with Crippen LogP contribution in [0, 0.1) is 23.7 Å². The van der Waals surface area contributed by atoms with Crippen molar-refractivity contribution in [3.8, 4) is 23.7 Å². The molecular formula is C42H38Cl2N8O4. The van der Waals surface area contributed by atoms with Crippen molar-refractivity contribution in [2.24, 2.45) is 0 Å². The number of amides is 1. The minimum absolute atomic E-state index is 0. The third-order valence-corrected chi connectivity index (χ3v) is 8.75. The number of hydrogen-bond acceptors (Lipinski definition) is 9. The van der Waals surface area contributed by atoms with E-state index < -0.39 is 0 Å². The van der Waals surface area contributed by atoms with Crippen LogP contribution in [0.25, 0.3) is 21.8 Å². The summed E-state index contributed by atoms with van der Waals surface area (Å²) in [6.07, 6.45) is 4.74. The molecule has 8 rings (SSSR count). The summed E-state index contributed by atoms with van der Waals surface area (Å²) in [6, 6.07) is 22.2. The van der Waals surface area contributed by atoms with Gasteiger partial charge in [0.2, 0.25) is 11.1 Å². The van der Waals surface area contributed by atoms with E-state index in [-0.39, 0.29) is 34.7 Å². The Balaban J connectivity index is 0.000000194. The van der Waals surface area contributed by atoms with Crippen LogP contribution in [-0.2, 0) is 35.5 Å². The van der Waals surface area contributed by atoms with Crippen molar-refractivity contribution in [3.05, 3.63) is 140 Å². The van der Waals surface area contributed by atoms with Gasteiger partial charge in [-0.15, -0.1) is 12.4 Å². The van der Waals surface area contributed by atoms with Crippen LogP contribution < -0.4 is 16.4 Å². The third kappa shape index (κ3) is 10.5. The van der Waals surface area contributed by atoms with Gasteiger partial charge in [-0.2, -0.15) is 0 Å². The van der Waals surface area contributed by atoms with Crippen molar-refractivity contribution in [1.29, 1.82) is 0 Å². The molecule has 0 saturated heterocycles. The highest BCUT2D eigenvalue weighted by Crippen LogP contribution is 2.15. The molecule has 0 fully saturated rings. The van der Waals surface area contributed by atoms with E-state index in [1.54, 1.807) is 39.4 Å². The molecule has 0 atom stereocenters. The lowest BCUT2D eigenvalue weighted by Gasteiger charge is -2.16. The molecular weight excluding hydrogens is 751 g/mol.